The second-order valence-corrected chi connectivity index (χ2v) is 4.63. The Morgan fingerprint density at radius 3 is 2.50 bits per heavy atom. The molecule has 1 atom stereocenters. The molecule has 0 fully saturated rings. The number of hydrogen-bond acceptors (Lipinski definition) is 4. The average molecular weight is 272 g/mol. The number of phenols is 1. The Hall–Kier alpha value is -2.20. The van der Waals surface area contributed by atoms with Crippen LogP contribution in [0.2, 0.25) is 0 Å². The van der Waals surface area contributed by atoms with Crippen molar-refractivity contribution in [3.05, 3.63) is 54.1 Å². The highest BCUT2D eigenvalue weighted by Gasteiger charge is 2.17. The van der Waals surface area contributed by atoms with E-state index in [0.29, 0.717) is 12.3 Å². The van der Waals surface area contributed by atoms with Crippen molar-refractivity contribution in [1.82, 2.24) is 0 Å². The number of hydrogen-bond donors (Lipinski definition) is 2. The van der Waals surface area contributed by atoms with Crippen molar-refractivity contribution in [1.29, 1.82) is 0 Å². The number of ether oxygens (including phenoxy) is 1. The number of methoxy groups -OCH3 is 1. The monoisotopic (exact) mass is 272 g/mol. The number of anilines is 1. The Labute approximate surface area is 119 Å². The summed E-state index contributed by atoms with van der Waals surface area (Å²) in [5, 5.41) is 9.68. The first kappa shape index (κ1) is 14.2. The molecule has 4 nitrogen and oxygen atoms in total. The highest BCUT2D eigenvalue weighted by atomic mass is 16.5. The molecule has 0 aliphatic carbocycles. The summed E-state index contributed by atoms with van der Waals surface area (Å²) in [5.74, 6) is 0.594. The standard InChI is InChI=1S/C16H20N2O2/c1-18(13-6-4-3-5-7-13)14(11-17)12-8-9-15(19)16(10-12)20-2/h3-10,14,19H,11,17H2,1-2H3. The van der Waals surface area contributed by atoms with Crippen molar-refractivity contribution in [2.45, 2.75) is 6.04 Å². The van der Waals surface area contributed by atoms with E-state index in [0.717, 1.165) is 11.3 Å². The van der Waals surface area contributed by atoms with E-state index in [1.165, 1.54) is 7.11 Å². The van der Waals surface area contributed by atoms with Gasteiger partial charge in [0.25, 0.3) is 0 Å². The Balaban J connectivity index is 2.32. The van der Waals surface area contributed by atoms with Gasteiger partial charge in [-0.2, -0.15) is 0 Å². The number of nitrogens with zero attached hydrogens (tertiary/aromatic N) is 1. The highest BCUT2D eigenvalue weighted by Crippen LogP contribution is 2.32. The van der Waals surface area contributed by atoms with Gasteiger partial charge >= 0.3 is 0 Å². The lowest BCUT2D eigenvalue weighted by atomic mass is 10.0. The van der Waals surface area contributed by atoms with E-state index in [1.54, 1.807) is 6.07 Å². The molecule has 0 amide bonds. The Bertz CT molecular complexity index is 558. The number of likely N-dealkylation sites (N-methyl/N-ethyl adjacent to an activating group) is 1. The van der Waals surface area contributed by atoms with E-state index < -0.39 is 0 Å². The maximum Gasteiger partial charge on any atom is 0.160 e. The molecule has 0 spiro atoms. The molecule has 106 valence electrons. The first-order valence-electron chi connectivity index (χ1n) is 6.52. The minimum atomic E-state index is 0.0203. The normalized spacial score (nSPS) is 11.9. The second-order valence-electron chi connectivity index (χ2n) is 4.63. The summed E-state index contributed by atoms with van der Waals surface area (Å²) >= 11 is 0. The zero-order valence-corrected chi connectivity index (χ0v) is 11.8. The molecular weight excluding hydrogens is 252 g/mol. The molecule has 0 radical (unpaired) electrons. The number of para-hydroxylation sites is 1. The topological polar surface area (TPSA) is 58.7 Å². The fourth-order valence-corrected chi connectivity index (χ4v) is 2.26. The lowest BCUT2D eigenvalue weighted by molar-refractivity contribution is 0.372. The van der Waals surface area contributed by atoms with Crippen molar-refractivity contribution in [2.24, 2.45) is 5.73 Å². The van der Waals surface area contributed by atoms with Crippen LogP contribution in [-0.4, -0.2) is 25.8 Å². The van der Waals surface area contributed by atoms with Gasteiger partial charge in [0.15, 0.2) is 11.5 Å². The smallest absolute Gasteiger partial charge is 0.160 e. The lowest BCUT2D eigenvalue weighted by Crippen LogP contribution is -2.30. The van der Waals surface area contributed by atoms with Gasteiger partial charge in [-0.3, -0.25) is 0 Å². The molecule has 0 aliphatic heterocycles. The van der Waals surface area contributed by atoms with Crippen LogP contribution >= 0.6 is 0 Å². The van der Waals surface area contributed by atoms with E-state index in [-0.39, 0.29) is 11.8 Å². The molecule has 0 aliphatic rings. The van der Waals surface area contributed by atoms with Crippen molar-refractivity contribution < 1.29 is 9.84 Å². The fourth-order valence-electron chi connectivity index (χ4n) is 2.26. The van der Waals surface area contributed by atoms with Crippen LogP contribution in [0, 0.1) is 0 Å². The number of rotatable bonds is 5. The van der Waals surface area contributed by atoms with Gasteiger partial charge < -0.3 is 20.5 Å². The highest BCUT2D eigenvalue weighted by molar-refractivity contribution is 5.50. The molecule has 3 N–H and O–H groups in total. The van der Waals surface area contributed by atoms with E-state index in [1.807, 2.05) is 49.5 Å². The molecule has 2 aromatic rings. The maximum atomic E-state index is 9.68. The van der Waals surface area contributed by atoms with Gasteiger partial charge in [-0.15, -0.1) is 0 Å². The molecular formula is C16H20N2O2. The number of aromatic hydroxyl groups is 1. The van der Waals surface area contributed by atoms with Crippen molar-refractivity contribution in [3.8, 4) is 11.5 Å². The zero-order valence-electron chi connectivity index (χ0n) is 11.8. The molecule has 0 heterocycles. The van der Waals surface area contributed by atoms with Crippen molar-refractivity contribution in [3.63, 3.8) is 0 Å². The van der Waals surface area contributed by atoms with Gasteiger partial charge in [-0.1, -0.05) is 24.3 Å². The van der Waals surface area contributed by atoms with Crippen LogP contribution in [0.3, 0.4) is 0 Å². The predicted molar refractivity (Wildman–Crippen MR) is 81.3 cm³/mol. The molecule has 0 bridgehead atoms. The first-order chi connectivity index (χ1) is 9.67. The predicted octanol–water partition coefficient (Wildman–Crippen LogP) is 2.54. The van der Waals surface area contributed by atoms with Crippen LogP contribution in [-0.2, 0) is 0 Å². The maximum absolute atomic E-state index is 9.68. The third-order valence-corrected chi connectivity index (χ3v) is 3.44. The molecule has 1 unspecified atom stereocenters. The second kappa shape index (κ2) is 6.30. The van der Waals surface area contributed by atoms with Gasteiger partial charge in [0.2, 0.25) is 0 Å². The van der Waals surface area contributed by atoms with Crippen LogP contribution in [0.15, 0.2) is 48.5 Å². The van der Waals surface area contributed by atoms with Crippen molar-refractivity contribution in [2.75, 3.05) is 25.6 Å². The van der Waals surface area contributed by atoms with Crippen LogP contribution in [0.5, 0.6) is 11.5 Å². The van der Waals surface area contributed by atoms with Gasteiger partial charge in [-0.05, 0) is 29.8 Å². The average Bonchev–Trinajstić information content (AvgIpc) is 2.50. The summed E-state index contributed by atoms with van der Waals surface area (Å²) in [6, 6.07) is 15.4. The summed E-state index contributed by atoms with van der Waals surface area (Å²) in [5.41, 5.74) is 8.03. The van der Waals surface area contributed by atoms with E-state index in [4.69, 9.17) is 10.5 Å². The molecule has 0 saturated heterocycles. The number of benzene rings is 2. The summed E-state index contributed by atoms with van der Waals surface area (Å²) in [7, 11) is 3.55. The fraction of sp³-hybridized carbons (Fsp3) is 0.250. The van der Waals surface area contributed by atoms with Crippen molar-refractivity contribution >= 4 is 5.69 Å². The third-order valence-electron chi connectivity index (χ3n) is 3.44. The molecule has 2 aromatic carbocycles. The summed E-state index contributed by atoms with van der Waals surface area (Å²) in [4.78, 5) is 2.12. The Morgan fingerprint density at radius 2 is 1.90 bits per heavy atom. The summed E-state index contributed by atoms with van der Waals surface area (Å²) < 4.78 is 5.16. The van der Waals surface area contributed by atoms with Gasteiger partial charge in [-0.25, -0.2) is 0 Å². The minimum Gasteiger partial charge on any atom is -0.504 e. The van der Waals surface area contributed by atoms with E-state index in [2.05, 4.69) is 4.90 Å². The van der Waals surface area contributed by atoms with Crippen LogP contribution in [0.4, 0.5) is 5.69 Å². The third kappa shape index (κ3) is 2.86. The summed E-state index contributed by atoms with van der Waals surface area (Å²) in [6.45, 7) is 0.472. The molecule has 0 saturated carbocycles. The minimum absolute atomic E-state index is 0.0203. The van der Waals surface area contributed by atoms with E-state index >= 15 is 0 Å². The largest absolute Gasteiger partial charge is 0.504 e. The van der Waals surface area contributed by atoms with Gasteiger partial charge in [0.1, 0.15) is 0 Å². The molecule has 4 heteroatoms. The molecule has 0 aromatic heterocycles. The van der Waals surface area contributed by atoms with Crippen LogP contribution in [0.25, 0.3) is 0 Å². The number of phenolic OH excluding ortho intramolecular Hbond substituents is 1. The summed E-state index contributed by atoms with van der Waals surface area (Å²) in [6.07, 6.45) is 0. The SMILES string of the molecule is COc1cc(C(CN)N(C)c2ccccc2)ccc1O. The Kier molecular flexibility index (Phi) is 4.48. The Morgan fingerprint density at radius 1 is 1.20 bits per heavy atom. The lowest BCUT2D eigenvalue weighted by Gasteiger charge is -2.29. The van der Waals surface area contributed by atoms with Gasteiger partial charge in [0.05, 0.1) is 13.2 Å². The zero-order chi connectivity index (χ0) is 14.5. The molecule has 2 rings (SSSR count). The van der Waals surface area contributed by atoms with Crippen LogP contribution < -0.4 is 15.4 Å². The first-order valence-corrected chi connectivity index (χ1v) is 6.52. The van der Waals surface area contributed by atoms with Crippen LogP contribution in [0.1, 0.15) is 11.6 Å². The molecule has 20 heavy (non-hydrogen) atoms. The number of nitrogens with two attached hydrogens (primary N) is 1. The van der Waals surface area contributed by atoms with Gasteiger partial charge in [0, 0.05) is 19.3 Å². The quantitative estimate of drug-likeness (QED) is 0.878. The van der Waals surface area contributed by atoms with E-state index in [9.17, 15) is 5.11 Å².